The number of nitrogens with one attached hydrogen (secondary N) is 1. The summed E-state index contributed by atoms with van der Waals surface area (Å²) < 4.78 is 0. The van der Waals surface area contributed by atoms with Crippen LogP contribution >= 0.6 is 23.2 Å². The molecule has 3 nitrogen and oxygen atoms in total. The van der Waals surface area contributed by atoms with Gasteiger partial charge in [-0.3, -0.25) is 0 Å². The zero-order chi connectivity index (χ0) is 20.6. The van der Waals surface area contributed by atoms with E-state index in [1.54, 1.807) is 6.07 Å². The van der Waals surface area contributed by atoms with E-state index >= 15 is 0 Å². The van der Waals surface area contributed by atoms with Gasteiger partial charge in [-0.05, 0) is 42.2 Å². The first-order valence-electron chi connectivity index (χ1n) is 9.57. The number of hydrogen-bond donors (Lipinski definition) is 1. The lowest BCUT2D eigenvalue weighted by Gasteiger charge is -2.24. The number of carbonyl (C=O) groups is 1. The fourth-order valence-electron chi connectivity index (χ4n) is 3.03. The van der Waals surface area contributed by atoms with Gasteiger partial charge in [-0.2, -0.15) is 0 Å². The Hall–Kier alpha value is -2.49. The van der Waals surface area contributed by atoms with E-state index in [9.17, 15) is 4.79 Å². The minimum absolute atomic E-state index is 0.0977. The summed E-state index contributed by atoms with van der Waals surface area (Å²) in [5.74, 6) is 0. The van der Waals surface area contributed by atoms with Crippen molar-refractivity contribution in [3.05, 3.63) is 105 Å². The van der Waals surface area contributed by atoms with Crippen LogP contribution in [-0.2, 0) is 19.5 Å². The summed E-state index contributed by atoms with van der Waals surface area (Å²) in [7, 11) is 0. The molecule has 29 heavy (non-hydrogen) atoms. The molecule has 0 aliphatic heterocycles. The SMILES string of the molecule is Cc1ccc(CN(CCc2ccc(Cl)cc2Cl)C(=O)NCc2ccccc2)cc1. The highest BCUT2D eigenvalue weighted by atomic mass is 35.5. The van der Waals surface area contributed by atoms with Gasteiger partial charge in [-0.25, -0.2) is 4.79 Å². The first-order valence-corrected chi connectivity index (χ1v) is 10.3. The maximum atomic E-state index is 12.9. The van der Waals surface area contributed by atoms with Crippen molar-refractivity contribution in [1.29, 1.82) is 0 Å². The first kappa shape index (κ1) is 21.2. The molecule has 0 saturated carbocycles. The predicted octanol–water partition coefficient (Wildman–Crippen LogP) is 6.26. The standard InChI is InChI=1S/C24H24Cl2N2O/c1-18-7-9-20(10-8-18)17-28(14-13-21-11-12-22(25)15-23(21)26)24(29)27-16-19-5-3-2-4-6-19/h2-12,15H,13-14,16-17H2,1H3,(H,27,29). The lowest BCUT2D eigenvalue weighted by molar-refractivity contribution is 0.195. The molecule has 3 aromatic rings. The van der Waals surface area contributed by atoms with Crippen molar-refractivity contribution >= 4 is 29.2 Å². The van der Waals surface area contributed by atoms with Gasteiger partial charge in [0.1, 0.15) is 0 Å². The number of urea groups is 1. The van der Waals surface area contributed by atoms with Gasteiger partial charge in [0.05, 0.1) is 0 Å². The highest BCUT2D eigenvalue weighted by Crippen LogP contribution is 2.22. The lowest BCUT2D eigenvalue weighted by atomic mass is 10.1. The van der Waals surface area contributed by atoms with Crippen LogP contribution in [0.5, 0.6) is 0 Å². The second-order valence-electron chi connectivity index (χ2n) is 7.04. The van der Waals surface area contributed by atoms with Gasteiger partial charge in [0.2, 0.25) is 0 Å². The van der Waals surface area contributed by atoms with Crippen molar-refractivity contribution in [3.8, 4) is 0 Å². The normalized spacial score (nSPS) is 10.6. The number of hydrogen-bond acceptors (Lipinski definition) is 1. The van der Waals surface area contributed by atoms with Crippen LogP contribution in [-0.4, -0.2) is 17.5 Å². The van der Waals surface area contributed by atoms with E-state index < -0.39 is 0 Å². The quantitative estimate of drug-likeness (QED) is 0.475. The highest BCUT2D eigenvalue weighted by Gasteiger charge is 2.15. The largest absolute Gasteiger partial charge is 0.334 e. The molecule has 0 fully saturated rings. The smallest absolute Gasteiger partial charge is 0.317 e. The van der Waals surface area contributed by atoms with Crippen molar-refractivity contribution in [2.45, 2.75) is 26.4 Å². The highest BCUT2D eigenvalue weighted by molar-refractivity contribution is 6.35. The number of halogens is 2. The number of benzene rings is 3. The van der Waals surface area contributed by atoms with Crippen molar-refractivity contribution < 1.29 is 4.79 Å². The van der Waals surface area contributed by atoms with Crippen LogP contribution in [0.4, 0.5) is 4.79 Å². The Bertz CT molecular complexity index is 943. The fraction of sp³-hybridized carbons (Fsp3) is 0.208. The fourth-order valence-corrected chi connectivity index (χ4v) is 3.53. The zero-order valence-electron chi connectivity index (χ0n) is 16.4. The summed E-state index contributed by atoms with van der Waals surface area (Å²) in [5.41, 5.74) is 4.33. The van der Waals surface area contributed by atoms with Crippen LogP contribution in [0.15, 0.2) is 72.8 Å². The first-order chi connectivity index (χ1) is 14.0. The van der Waals surface area contributed by atoms with Crippen LogP contribution in [0.3, 0.4) is 0 Å². The average Bonchev–Trinajstić information content (AvgIpc) is 2.72. The van der Waals surface area contributed by atoms with Crippen LogP contribution in [0.1, 0.15) is 22.3 Å². The van der Waals surface area contributed by atoms with E-state index in [-0.39, 0.29) is 6.03 Å². The predicted molar refractivity (Wildman–Crippen MR) is 120 cm³/mol. The van der Waals surface area contributed by atoms with E-state index in [4.69, 9.17) is 23.2 Å². The third-order valence-electron chi connectivity index (χ3n) is 4.73. The van der Waals surface area contributed by atoms with Gasteiger partial charge in [-0.1, -0.05) is 89.4 Å². The molecular weight excluding hydrogens is 403 g/mol. The molecule has 0 saturated heterocycles. The molecule has 0 aromatic heterocycles. The maximum Gasteiger partial charge on any atom is 0.317 e. The molecule has 0 heterocycles. The topological polar surface area (TPSA) is 32.3 Å². The molecule has 150 valence electrons. The van der Waals surface area contributed by atoms with Gasteiger partial charge in [0.25, 0.3) is 0 Å². The molecule has 0 spiro atoms. The summed E-state index contributed by atoms with van der Waals surface area (Å²) >= 11 is 12.3. The second kappa shape index (κ2) is 10.3. The van der Waals surface area contributed by atoms with Crippen LogP contribution < -0.4 is 5.32 Å². The van der Waals surface area contributed by atoms with Gasteiger partial charge in [0, 0.05) is 29.7 Å². The molecule has 0 aliphatic rings. The monoisotopic (exact) mass is 426 g/mol. The minimum Gasteiger partial charge on any atom is -0.334 e. The molecule has 3 aromatic carbocycles. The summed E-state index contributed by atoms with van der Waals surface area (Å²) in [5, 5.41) is 4.25. The Morgan fingerprint density at radius 1 is 0.931 bits per heavy atom. The Balaban J connectivity index is 1.69. The summed E-state index contributed by atoms with van der Waals surface area (Å²) in [6.45, 7) is 3.63. The van der Waals surface area contributed by atoms with Crippen molar-refractivity contribution in [2.24, 2.45) is 0 Å². The Morgan fingerprint density at radius 3 is 2.34 bits per heavy atom. The average molecular weight is 427 g/mol. The number of nitrogens with zero attached hydrogens (tertiary/aromatic N) is 1. The van der Waals surface area contributed by atoms with Gasteiger partial charge >= 0.3 is 6.03 Å². The molecule has 0 atom stereocenters. The molecular formula is C24H24Cl2N2O. The van der Waals surface area contributed by atoms with Crippen LogP contribution in [0.2, 0.25) is 10.0 Å². The van der Waals surface area contributed by atoms with Crippen molar-refractivity contribution in [1.82, 2.24) is 10.2 Å². The van der Waals surface area contributed by atoms with Crippen LogP contribution in [0, 0.1) is 6.92 Å². The number of amides is 2. The van der Waals surface area contributed by atoms with Gasteiger partial charge < -0.3 is 10.2 Å². The number of aryl methyl sites for hydroxylation is 1. The van der Waals surface area contributed by atoms with E-state index in [1.165, 1.54) is 5.56 Å². The number of carbonyl (C=O) groups excluding carboxylic acids is 1. The molecule has 0 radical (unpaired) electrons. The zero-order valence-corrected chi connectivity index (χ0v) is 17.9. The van der Waals surface area contributed by atoms with Crippen molar-refractivity contribution in [2.75, 3.05) is 6.54 Å². The summed E-state index contributed by atoms with van der Waals surface area (Å²) in [6, 6.07) is 23.5. The Labute approximate surface area is 182 Å². The minimum atomic E-state index is -0.0977. The Morgan fingerprint density at radius 2 is 1.66 bits per heavy atom. The van der Waals surface area contributed by atoms with E-state index in [0.717, 1.165) is 16.7 Å². The van der Waals surface area contributed by atoms with Gasteiger partial charge in [0.15, 0.2) is 0 Å². The van der Waals surface area contributed by atoms with E-state index in [1.807, 2.05) is 47.4 Å². The second-order valence-corrected chi connectivity index (χ2v) is 7.88. The maximum absolute atomic E-state index is 12.9. The Kier molecular flexibility index (Phi) is 7.56. The van der Waals surface area contributed by atoms with Gasteiger partial charge in [-0.15, -0.1) is 0 Å². The lowest BCUT2D eigenvalue weighted by Crippen LogP contribution is -2.40. The third kappa shape index (κ3) is 6.52. The molecule has 0 unspecified atom stereocenters. The molecule has 5 heteroatoms. The molecule has 0 aliphatic carbocycles. The van der Waals surface area contributed by atoms with Crippen molar-refractivity contribution in [3.63, 3.8) is 0 Å². The molecule has 3 rings (SSSR count). The number of rotatable bonds is 7. The molecule has 2 amide bonds. The summed E-state index contributed by atoms with van der Waals surface area (Å²) in [4.78, 5) is 14.7. The molecule has 1 N–H and O–H groups in total. The molecule has 0 bridgehead atoms. The van der Waals surface area contributed by atoms with E-state index in [0.29, 0.717) is 36.1 Å². The van der Waals surface area contributed by atoms with E-state index in [2.05, 4.69) is 36.5 Å². The third-order valence-corrected chi connectivity index (χ3v) is 5.32. The summed E-state index contributed by atoms with van der Waals surface area (Å²) in [6.07, 6.45) is 0.653. The van der Waals surface area contributed by atoms with Crippen LogP contribution in [0.25, 0.3) is 0 Å².